The summed E-state index contributed by atoms with van der Waals surface area (Å²) < 4.78 is 4.84. The van der Waals surface area contributed by atoms with E-state index in [9.17, 15) is 9.59 Å². The van der Waals surface area contributed by atoms with Crippen molar-refractivity contribution in [1.82, 2.24) is 4.90 Å². The first-order valence-electron chi connectivity index (χ1n) is 7.43. The standard InChI is InChI=1S/C16H20N2O3/c1-21-16(20)13-4-2-5-14-12(13)7-9-17(14)10-11-18-8-3-6-15(18)19/h2,4-5H,3,6-11H2,1H3. The molecule has 2 aliphatic heterocycles. The highest BCUT2D eigenvalue weighted by atomic mass is 16.5. The van der Waals surface area contributed by atoms with Crippen molar-refractivity contribution < 1.29 is 14.3 Å². The van der Waals surface area contributed by atoms with Crippen molar-refractivity contribution in [3.8, 4) is 0 Å². The minimum absolute atomic E-state index is 0.262. The summed E-state index contributed by atoms with van der Waals surface area (Å²) in [6, 6.07) is 5.75. The maximum Gasteiger partial charge on any atom is 0.338 e. The van der Waals surface area contributed by atoms with Crippen molar-refractivity contribution in [2.75, 3.05) is 38.2 Å². The van der Waals surface area contributed by atoms with Gasteiger partial charge in [0.25, 0.3) is 0 Å². The molecule has 0 spiro atoms. The molecular formula is C16H20N2O3. The Morgan fingerprint density at radius 1 is 1.19 bits per heavy atom. The molecule has 0 aliphatic carbocycles. The van der Waals surface area contributed by atoms with E-state index in [0.29, 0.717) is 12.0 Å². The van der Waals surface area contributed by atoms with E-state index in [0.717, 1.165) is 50.3 Å². The average Bonchev–Trinajstić information content (AvgIpc) is 3.10. The van der Waals surface area contributed by atoms with Gasteiger partial charge in [-0.25, -0.2) is 4.79 Å². The maximum atomic E-state index is 11.8. The Kier molecular flexibility index (Phi) is 3.82. The SMILES string of the molecule is COC(=O)c1cccc2c1CCN2CCN1CCCC1=O. The Balaban J connectivity index is 1.72. The lowest BCUT2D eigenvalue weighted by atomic mass is 10.1. The Morgan fingerprint density at radius 3 is 2.71 bits per heavy atom. The van der Waals surface area contributed by atoms with Crippen LogP contribution in [0.1, 0.15) is 28.8 Å². The van der Waals surface area contributed by atoms with Gasteiger partial charge in [0.05, 0.1) is 12.7 Å². The Labute approximate surface area is 124 Å². The molecule has 0 radical (unpaired) electrons. The van der Waals surface area contributed by atoms with Crippen molar-refractivity contribution in [2.45, 2.75) is 19.3 Å². The molecular weight excluding hydrogens is 268 g/mol. The summed E-state index contributed by atoms with van der Waals surface area (Å²) in [5.41, 5.74) is 2.83. The van der Waals surface area contributed by atoms with Gasteiger partial charge in [0, 0.05) is 38.3 Å². The predicted molar refractivity (Wildman–Crippen MR) is 79.5 cm³/mol. The van der Waals surface area contributed by atoms with Crippen LogP contribution in [0.4, 0.5) is 5.69 Å². The van der Waals surface area contributed by atoms with E-state index in [2.05, 4.69) is 4.90 Å². The van der Waals surface area contributed by atoms with Crippen LogP contribution in [0.2, 0.25) is 0 Å². The van der Waals surface area contributed by atoms with E-state index >= 15 is 0 Å². The van der Waals surface area contributed by atoms with Crippen molar-refractivity contribution in [3.05, 3.63) is 29.3 Å². The summed E-state index contributed by atoms with van der Waals surface area (Å²) in [6.07, 6.45) is 2.51. The van der Waals surface area contributed by atoms with Crippen molar-refractivity contribution >= 4 is 17.6 Å². The number of amides is 1. The second-order valence-electron chi connectivity index (χ2n) is 5.52. The Bertz CT molecular complexity index is 571. The third-order valence-corrected chi connectivity index (χ3v) is 4.34. The Morgan fingerprint density at radius 2 is 2.00 bits per heavy atom. The van der Waals surface area contributed by atoms with Crippen LogP contribution in [-0.4, -0.2) is 50.1 Å². The number of nitrogens with zero attached hydrogens (tertiary/aromatic N) is 2. The van der Waals surface area contributed by atoms with Crippen molar-refractivity contribution in [2.24, 2.45) is 0 Å². The molecule has 0 N–H and O–H groups in total. The molecule has 5 nitrogen and oxygen atoms in total. The number of ether oxygens (including phenoxy) is 1. The number of esters is 1. The van der Waals surface area contributed by atoms with Gasteiger partial charge in [-0.15, -0.1) is 0 Å². The van der Waals surface area contributed by atoms with Crippen molar-refractivity contribution in [3.63, 3.8) is 0 Å². The minimum Gasteiger partial charge on any atom is -0.465 e. The lowest BCUT2D eigenvalue weighted by Crippen LogP contribution is -2.35. The highest BCUT2D eigenvalue weighted by Crippen LogP contribution is 2.31. The number of anilines is 1. The van der Waals surface area contributed by atoms with E-state index in [-0.39, 0.29) is 11.9 Å². The fraction of sp³-hybridized carbons (Fsp3) is 0.500. The number of methoxy groups -OCH3 is 1. The van der Waals surface area contributed by atoms with Gasteiger partial charge in [0.2, 0.25) is 5.91 Å². The largest absolute Gasteiger partial charge is 0.465 e. The molecule has 1 amide bonds. The summed E-state index contributed by atoms with van der Waals surface area (Å²) in [7, 11) is 1.41. The number of rotatable bonds is 4. The summed E-state index contributed by atoms with van der Waals surface area (Å²) in [4.78, 5) is 27.6. The van der Waals surface area contributed by atoms with Gasteiger partial charge in [-0.3, -0.25) is 4.79 Å². The summed E-state index contributed by atoms with van der Waals surface area (Å²) in [5, 5.41) is 0. The molecule has 0 bridgehead atoms. The van der Waals surface area contributed by atoms with Gasteiger partial charge >= 0.3 is 5.97 Å². The maximum absolute atomic E-state index is 11.8. The highest BCUT2D eigenvalue weighted by molar-refractivity contribution is 5.93. The fourth-order valence-corrected chi connectivity index (χ4v) is 3.22. The quantitative estimate of drug-likeness (QED) is 0.787. The topological polar surface area (TPSA) is 49.9 Å². The lowest BCUT2D eigenvalue weighted by molar-refractivity contribution is -0.127. The van der Waals surface area contributed by atoms with E-state index in [4.69, 9.17) is 4.74 Å². The van der Waals surface area contributed by atoms with Crippen molar-refractivity contribution in [1.29, 1.82) is 0 Å². The molecule has 21 heavy (non-hydrogen) atoms. The normalized spacial score (nSPS) is 17.3. The molecule has 1 aromatic carbocycles. The van der Waals surface area contributed by atoms with Crippen LogP contribution >= 0.6 is 0 Å². The number of benzene rings is 1. The number of carbonyl (C=O) groups is 2. The third-order valence-electron chi connectivity index (χ3n) is 4.34. The van der Waals surface area contributed by atoms with Crippen LogP contribution in [0, 0.1) is 0 Å². The lowest BCUT2D eigenvalue weighted by Gasteiger charge is -2.23. The van der Waals surface area contributed by atoms with Crippen LogP contribution in [-0.2, 0) is 16.0 Å². The molecule has 2 heterocycles. The molecule has 1 fully saturated rings. The third kappa shape index (κ3) is 2.60. The van der Waals surface area contributed by atoms with E-state index in [1.165, 1.54) is 7.11 Å². The zero-order valence-electron chi connectivity index (χ0n) is 12.3. The first-order chi connectivity index (χ1) is 10.2. The summed E-state index contributed by atoms with van der Waals surface area (Å²) >= 11 is 0. The monoisotopic (exact) mass is 288 g/mol. The molecule has 2 aliphatic rings. The van der Waals surface area contributed by atoms with Gasteiger partial charge in [-0.2, -0.15) is 0 Å². The molecule has 0 saturated carbocycles. The van der Waals surface area contributed by atoms with Gasteiger partial charge in [-0.05, 0) is 30.5 Å². The molecule has 1 aromatic rings. The van der Waals surface area contributed by atoms with E-state index in [1.54, 1.807) is 0 Å². The van der Waals surface area contributed by atoms with Gasteiger partial charge < -0.3 is 14.5 Å². The van der Waals surface area contributed by atoms with Crippen LogP contribution in [0.25, 0.3) is 0 Å². The molecule has 112 valence electrons. The smallest absolute Gasteiger partial charge is 0.338 e. The van der Waals surface area contributed by atoms with Crippen LogP contribution < -0.4 is 4.90 Å². The zero-order chi connectivity index (χ0) is 14.8. The van der Waals surface area contributed by atoms with Crippen LogP contribution in [0.3, 0.4) is 0 Å². The number of hydrogen-bond donors (Lipinski definition) is 0. The van der Waals surface area contributed by atoms with Gasteiger partial charge in [0.1, 0.15) is 0 Å². The number of likely N-dealkylation sites (tertiary alicyclic amines) is 1. The highest BCUT2D eigenvalue weighted by Gasteiger charge is 2.26. The minimum atomic E-state index is -0.275. The van der Waals surface area contributed by atoms with Crippen LogP contribution in [0.15, 0.2) is 18.2 Å². The van der Waals surface area contributed by atoms with Gasteiger partial charge in [-0.1, -0.05) is 6.07 Å². The van der Waals surface area contributed by atoms with E-state index < -0.39 is 0 Å². The molecule has 0 unspecified atom stereocenters. The first-order valence-corrected chi connectivity index (χ1v) is 7.43. The summed E-state index contributed by atoms with van der Waals surface area (Å²) in [5.74, 6) is -0.0128. The molecule has 0 atom stereocenters. The zero-order valence-corrected chi connectivity index (χ0v) is 12.3. The first kappa shape index (κ1) is 13.9. The Hall–Kier alpha value is -2.04. The average molecular weight is 288 g/mol. The summed E-state index contributed by atoms with van der Waals surface area (Å²) in [6.45, 7) is 3.36. The second kappa shape index (κ2) is 5.76. The molecule has 1 saturated heterocycles. The van der Waals surface area contributed by atoms with Crippen LogP contribution in [0.5, 0.6) is 0 Å². The number of carbonyl (C=O) groups excluding carboxylic acids is 2. The molecule has 5 heteroatoms. The van der Waals surface area contributed by atoms with Gasteiger partial charge in [0.15, 0.2) is 0 Å². The molecule has 3 rings (SSSR count). The fourth-order valence-electron chi connectivity index (χ4n) is 3.22. The second-order valence-corrected chi connectivity index (χ2v) is 5.52. The number of hydrogen-bond acceptors (Lipinski definition) is 4. The molecule has 0 aromatic heterocycles. The number of fused-ring (bicyclic) bond motifs is 1. The predicted octanol–water partition coefficient (Wildman–Crippen LogP) is 1.46. The van der Waals surface area contributed by atoms with E-state index in [1.807, 2.05) is 23.1 Å².